The molecule has 7 nitrogen and oxygen atoms in total. The van der Waals surface area contributed by atoms with Gasteiger partial charge in [0.2, 0.25) is 5.91 Å². The van der Waals surface area contributed by atoms with Crippen LogP contribution in [0.5, 0.6) is 17.2 Å². The monoisotopic (exact) mass is 416 g/mol. The molecule has 4 rings (SSSR count). The topological polar surface area (TPSA) is 82.8 Å². The van der Waals surface area contributed by atoms with Crippen molar-refractivity contribution in [3.05, 3.63) is 65.0 Å². The number of aromatic nitrogens is 1. The second-order valence-electron chi connectivity index (χ2n) is 6.79. The SMILES string of the molecule is Cc1noc(C)c1COc1ccc(CC(=O)Nc2ccc3c(c2)OC(F)(F)O3)cc1. The van der Waals surface area contributed by atoms with E-state index in [2.05, 4.69) is 19.9 Å². The average Bonchev–Trinajstić information content (AvgIpc) is 3.17. The van der Waals surface area contributed by atoms with Gasteiger partial charge in [-0.15, -0.1) is 8.78 Å². The van der Waals surface area contributed by atoms with Crippen molar-refractivity contribution in [3.63, 3.8) is 0 Å². The lowest BCUT2D eigenvalue weighted by Gasteiger charge is -2.08. The van der Waals surface area contributed by atoms with Crippen LogP contribution in [0.25, 0.3) is 0 Å². The fraction of sp³-hybridized carbons (Fsp3) is 0.238. The Hall–Kier alpha value is -3.62. The number of ether oxygens (including phenoxy) is 3. The molecule has 30 heavy (non-hydrogen) atoms. The number of alkyl halides is 2. The van der Waals surface area contributed by atoms with Gasteiger partial charge in [0.25, 0.3) is 0 Å². The lowest BCUT2D eigenvalue weighted by atomic mass is 10.1. The van der Waals surface area contributed by atoms with E-state index in [9.17, 15) is 13.6 Å². The van der Waals surface area contributed by atoms with E-state index in [0.29, 0.717) is 23.8 Å². The number of aryl methyl sites for hydroxylation is 2. The van der Waals surface area contributed by atoms with Gasteiger partial charge >= 0.3 is 6.29 Å². The number of nitrogens with zero attached hydrogens (tertiary/aromatic N) is 1. The molecule has 2 heterocycles. The van der Waals surface area contributed by atoms with Gasteiger partial charge in [0.05, 0.1) is 17.7 Å². The number of anilines is 1. The number of nitrogens with one attached hydrogen (secondary N) is 1. The van der Waals surface area contributed by atoms with Gasteiger partial charge in [0.1, 0.15) is 18.1 Å². The Morgan fingerprint density at radius 1 is 1.10 bits per heavy atom. The highest BCUT2D eigenvalue weighted by Crippen LogP contribution is 2.42. The van der Waals surface area contributed by atoms with E-state index in [-0.39, 0.29) is 23.8 Å². The van der Waals surface area contributed by atoms with Crippen LogP contribution in [0.2, 0.25) is 0 Å². The fourth-order valence-corrected chi connectivity index (χ4v) is 2.98. The van der Waals surface area contributed by atoms with Gasteiger partial charge in [0.15, 0.2) is 11.5 Å². The minimum absolute atomic E-state index is 0.0785. The molecule has 0 bridgehead atoms. The molecular weight excluding hydrogens is 398 g/mol. The first-order valence-corrected chi connectivity index (χ1v) is 9.12. The number of carbonyl (C=O) groups excluding carboxylic acids is 1. The highest BCUT2D eigenvalue weighted by Gasteiger charge is 2.43. The highest BCUT2D eigenvalue weighted by molar-refractivity contribution is 5.92. The molecular formula is C21H18F2N2O5. The summed E-state index contributed by atoms with van der Waals surface area (Å²) >= 11 is 0. The number of carbonyl (C=O) groups is 1. The number of amides is 1. The molecule has 9 heteroatoms. The summed E-state index contributed by atoms with van der Waals surface area (Å²) in [5.41, 5.74) is 2.79. The van der Waals surface area contributed by atoms with Crippen LogP contribution in [-0.2, 0) is 17.8 Å². The summed E-state index contributed by atoms with van der Waals surface area (Å²) in [6.07, 6.45) is -3.59. The van der Waals surface area contributed by atoms with Gasteiger partial charge in [0, 0.05) is 11.8 Å². The van der Waals surface area contributed by atoms with E-state index in [1.54, 1.807) is 24.3 Å². The van der Waals surface area contributed by atoms with E-state index >= 15 is 0 Å². The summed E-state index contributed by atoms with van der Waals surface area (Å²) in [7, 11) is 0. The second-order valence-corrected chi connectivity index (χ2v) is 6.79. The molecule has 1 aliphatic heterocycles. The van der Waals surface area contributed by atoms with Gasteiger partial charge < -0.3 is 24.1 Å². The fourth-order valence-electron chi connectivity index (χ4n) is 2.98. The zero-order chi connectivity index (χ0) is 21.3. The van der Waals surface area contributed by atoms with E-state index in [4.69, 9.17) is 9.26 Å². The van der Waals surface area contributed by atoms with Crippen molar-refractivity contribution < 1.29 is 32.3 Å². The first-order valence-electron chi connectivity index (χ1n) is 9.12. The minimum atomic E-state index is -3.69. The molecule has 0 radical (unpaired) electrons. The molecule has 0 unspecified atom stereocenters. The van der Waals surface area contributed by atoms with Crippen LogP contribution in [0.15, 0.2) is 47.0 Å². The van der Waals surface area contributed by atoms with Crippen LogP contribution in [0.4, 0.5) is 14.5 Å². The molecule has 1 aromatic heterocycles. The number of hydrogen-bond acceptors (Lipinski definition) is 6. The van der Waals surface area contributed by atoms with Crippen LogP contribution < -0.4 is 19.5 Å². The Bertz CT molecular complexity index is 1060. The zero-order valence-electron chi connectivity index (χ0n) is 16.2. The van der Waals surface area contributed by atoms with Crippen LogP contribution >= 0.6 is 0 Å². The molecule has 0 saturated carbocycles. The van der Waals surface area contributed by atoms with Gasteiger partial charge in [-0.1, -0.05) is 17.3 Å². The van der Waals surface area contributed by atoms with Crippen molar-refractivity contribution in [1.29, 1.82) is 0 Å². The van der Waals surface area contributed by atoms with Crippen molar-refractivity contribution in [1.82, 2.24) is 5.16 Å². The molecule has 0 atom stereocenters. The number of benzene rings is 2. The summed E-state index contributed by atoms with van der Waals surface area (Å²) in [6.45, 7) is 4.01. The van der Waals surface area contributed by atoms with E-state index in [0.717, 1.165) is 16.8 Å². The Morgan fingerprint density at radius 2 is 1.83 bits per heavy atom. The lowest BCUT2D eigenvalue weighted by molar-refractivity contribution is -0.286. The van der Waals surface area contributed by atoms with E-state index < -0.39 is 6.29 Å². The average molecular weight is 416 g/mol. The smallest absolute Gasteiger partial charge is 0.489 e. The lowest BCUT2D eigenvalue weighted by Crippen LogP contribution is -2.25. The number of hydrogen-bond donors (Lipinski definition) is 1. The van der Waals surface area contributed by atoms with Gasteiger partial charge in [-0.2, -0.15) is 0 Å². The van der Waals surface area contributed by atoms with Crippen molar-refractivity contribution in [2.45, 2.75) is 33.2 Å². The summed E-state index contributed by atoms with van der Waals surface area (Å²) in [6, 6.07) is 11.2. The molecule has 0 saturated heterocycles. The summed E-state index contributed by atoms with van der Waals surface area (Å²) in [4.78, 5) is 12.3. The third-order valence-electron chi connectivity index (χ3n) is 4.54. The Labute approximate surface area is 170 Å². The van der Waals surface area contributed by atoms with E-state index in [1.807, 2.05) is 13.8 Å². The highest BCUT2D eigenvalue weighted by atomic mass is 19.3. The molecule has 0 fully saturated rings. The predicted molar refractivity (Wildman–Crippen MR) is 102 cm³/mol. The third kappa shape index (κ3) is 4.35. The molecule has 0 aliphatic carbocycles. The summed E-state index contributed by atoms with van der Waals surface area (Å²) in [5, 5.41) is 6.53. The second kappa shape index (κ2) is 7.66. The van der Waals surface area contributed by atoms with Crippen molar-refractivity contribution in [2.75, 3.05) is 5.32 Å². The van der Waals surface area contributed by atoms with Gasteiger partial charge in [-0.25, -0.2) is 0 Å². The summed E-state index contributed by atoms with van der Waals surface area (Å²) in [5.74, 6) is 0.858. The van der Waals surface area contributed by atoms with Gasteiger partial charge in [-0.3, -0.25) is 4.79 Å². The quantitative estimate of drug-likeness (QED) is 0.643. The van der Waals surface area contributed by atoms with E-state index in [1.165, 1.54) is 18.2 Å². The first-order chi connectivity index (χ1) is 14.3. The standard InChI is InChI=1S/C21H18F2N2O5/c1-12-17(13(2)30-25-12)11-27-16-6-3-14(4-7-16)9-20(26)24-15-5-8-18-19(10-15)29-21(22,23)28-18/h3-8,10H,9,11H2,1-2H3,(H,24,26). The molecule has 1 amide bonds. The molecule has 3 aromatic rings. The predicted octanol–water partition coefficient (Wildman–Crippen LogP) is 4.37. The molecule has 2 aromatic carbocycles. The minimum Gasteiger partial charge on any atom is -0.489 e. The van der Waals surface area contributed by atoms with Crippen LogP contribution in [-0.4, -0.2) is 17.4 Å². The third-order valence-corrected chi connectivity index (χ3v) is 4.54. The molecule has 156 valence electrons. The maximum Gasteiger partial charge on any atom is 0.586 e. The van der Waals surface area contributed by atoms with Gasteiger partial charge in [-0.05, 0) is 43.7 Å². The maximum atomic E-state index is 13.1. The summed E-state index contributed by atoms with van der Waals surface area (Å²) < 4.78 is 45.7. The van der Waals surface area contributed by atoms with Crippen LogP contribution in [0.3, 0.4) is 0 Å². The number of fused-ring (bicyclic) bond motifs is 1. The first kappa shape index (κ1) is 19.7. The number of halogens is 2. The normalized spacial score (nSPS) is 13.9. The Balaban J connectivity index is 1.32. The molecule has 1 aliphatic rings. The largest absolute Gasteiger partial charge is 0.586 e. The maximum absolute atomic E-state index is 13.1. The van der Waals surface area contributed by atoms with Crippen LogP contribution in [0, 0.1) is 13.8 Å². The zero-order valence-corrected chi connectivity index (χ0v) is 16.2. The molecule has 1 N–H and O–H groups in total. The Morgan fingerprint density at radius 3 is 2.53 bits per heavy atom. The number of rotatable bonds is 6. The van der Waals surface area contributed by atoms with Crippen LogP contribution in [0.1, 0.15) is 22.6 Å². The van der Waals surface area contributed by atoms with Crippen molar-refractivity contribution >= 4 is 11.6 Å². The molecule has 0 spiro atoms. The van der Waals surface area contributed by atoms with Crippen molar-refractivity contribution in [2.24, 2.45) is 0 Å². The van der Waals surface area contributed by atoms with Crippen molar-refractivity contribution in [3.8, 4) is 17.2 Å². The Kier molecular flexibility index (Phi) is 5.03.